The molecule has 2 unspecified atom stereocenters. The summed E-state index contributed by atoms with van der Waals surface area (Å²) in [6.07, 6.45) is 6.98. The zero-order valence-corrected chi connectivity index (χ0v) is 13.1. The summed E-state index contributed by atoms with van der Waals surface area (Å²) >= 11 is 0. The summed E-state index contributed by atoms with van der Waals surface area (Å²) in [6, 6.07) is 8.81. The number of nitrogens with zero attached hydrogens (tertiary/aromatic N) is 1. The molecule has 3 rings (SSSR count). The average Bonchev–Trinajstić information content (AvgIpc) is 2.63. The molecular weight excluding hydrogens is 260 g/mol. The zero-order chi connectivity index (χ0) is 14.8. The van der Waals surface area contributed by atoms with Gasteiger partial charge in [-0.15, -0.1) is 0 Å². The Hall–Kier alpha value is -1.35. The van der Waals surface area contributed by atoms with E-state index in [1.807, 2.05) is 7.05 Å². The number of anilines is 1. The van der Waals surface area contributed by atoms with Gasteiger partial charge in [-0.2, -0.15) is 0 Å². The Morgan fingerprint density at radius 2 is 1.86 bits per heavy atom. The molecule has 1 N–H and O–H groups in total. The number of hydrogen-bond acceptors (Lipinski definition) is 2. The number of fused-ring (bicyclic) bond motifs is 1. The van der Waals surface area contributed by atoms with Crippen molar-refractivity contribution in [2.45, 2.75) is 63.5 Å². The lowest BCUT2D eigenvalue weighted by molar-refractivity contribution is -0.121. The van der Waals surface area contributed by atoms with Crippen molar-refractivity contribution in [1.29, 1.82) is 0 Å². The van der Waals surface area contributed by atoms with Crippen LogP contribution in [0.25, 0.3) is 0 Å². The molecule has 1 amide bonds. The monoisotopic (exact) mass is 286 g/mol. The normalized spacial score (nSPS) is 27.3. The van der Waals surface area contributed by atoms with Crippen LogP contribution in [0.4, 0.5) is 5.69 Å². The van der Waals surface area contributed by atoms with E-state index in [1.165, 1.54) is 24.8 Å². The van der Waals surface area contributed by atoms with Gasteiger partial charge in [0.25, 0.3) is 0 Å². The Morgan fingerprint density at radius 1 is 1.14 bits per heavy atom. The maximum atomic E-state index is 13.0. The van der Waals surface area contributed by atoms with Gasteiger partial charge < -0.3 is 10.2 Å². The summed E-state index contributed by atoms with van der Waals surface area (Å²) in [5.74, 6) is 0.678. The molecule has 3 nitrogen and oxygen atoms in total. The number of likely N-dealkylation sites (N-methyl/N-ethyl adjacent to an activating group) is 1. The Balaban J connectivity index is 2.03. The second-order valence-electron chi connectivity index (χ2n) is 6.54. The van der Waals surface area contributed by atoms with E-state index >= 15 is 0 Å². The minimum absolute atomic E-state index is 0.0608. The van der Waals surface area contributed by atoms with Crippen LogP contribution in [-0.4, -0.2) is 25.0 Å². The number of amides is 1. The molecule has 0 bridgehead atoms. The maximum absolute atomic E-state index is 13.0. The highest BCUT2D eigenvalue weighted by Crippen LogP contribution is 2.38. The largest absolute Gasteiger partial charge is 0.309 e. The first-order valence-corrected chi connectivity index (χ1v) is 8.31. The Labute approximate surface area is 127 Å². The van der Waals surface area contributed by atoms with Crippen LogP contribution in [0.15, 0.2) is 24.3 Å². The minimum Gasteiger partial charge on any atom is -0.309 e. The summed E-state index contributed by atoms with van der Waals surface area (Å²) in [6.45, 7) is 2.24. The number of carbonyl (C=O) groups excluding carboxylic acids is 1. The van der Waals surface area contributed by atoms with Crippen LogP contribution < -0.4 is 10.2 Å². The zero-order valence-electron chi connectivity index (χ0n) is 13.1. The van der Waals surface area contributed by atoms with Gasteiger partial charge in [-0.3, -0.25) is 4.79 Å². The van der Waals surface area contributed by atoms with Crippen LogP contribution in [0.2, 0.25) is 0 Å². The quantitative estimate of drug-likeness (QED) is 0.903. The third-order valence-electron chi connectivity index (χ3n) is 5.14. The van der Waals surface area contributed by atoms with E-state index in [-0.39, 0.29) is 11.9 Å². The lowest BCUT2D eigenvalue weighted by Gasteiger charge is -2.36. The van der Waals surface area contributed by atoms with E-state index in [0.717, 1.165) is 24.9 Å². The van der Waals surface area contributed by atoms with Crippen molar-refractivity contribution in [3.8, 4) is 0 Å². The Kier molecular flexibility index (Phi) is 4.29. The highest BCUT2D eigenvalue weighted by molar-refractivity contribution is 5.99. The van der Waals surface area contributed by atoms with Crippen LogP contribution in [0.1, 0.15) is 56.9 Å². The third kappa shape index (κ3) is 2.71. The van der Waals surface area contributed by atoms with Gasteiger partial charge in [0.05, 0.1) is 6.04 Å². The maximum Gasteiger partial charge on any atom is 0.244 e. The van der Waals surface area contributed by atoms with Gasteiger partial charge >= 0.3 is 0 Å². The molecule has 0 spiro atoms. The molecule has 1 fully saturated rings. The number of para-hydroxylation sites is 1. The summed E-state index contributed by atoms with van der Waals surface area (Å²) in [5, 5.41) is 3.24. The van der Waals surface area contributed by atoms with E-state index in [0.29, 0.717) is 12.0 Å². The molecular formula is C18H26N2O. The van der Waals surface area contributed by atoms with Crippen LogP contribution in [0.3, 0.4) is 0 Å². The van der Waals surface area contributed by atoms with E-state index in [1.54, 1.807) is 0 Å². The predicted molar refractivity (Wildman–Crippen MR) is 86.7 cm³/mol. The Morgan fingerprint density at radius 3 is 2.57 bits per heavy atom. The molecule has 114 valence electrons. The summed E-state index contributed by atoms with van der Waals surface area (Å²) < 4.78 is 0. The number of carbonyl (C=O) groups is 1. The van der Waals surface area contributed by atoms with E-state index in [9.17, 15) is 4.79 Å². The molecule has 1 aromatic rings. The van der Waals surface area contributed by atoms with Gasteiger partial charge in [0.1, 0.15) is 0 Å². The minimum atomic E-state index is -0.0608. The molecule has 1 saturated carbocycles. The first kappa shape index (κ1) is 14.6. The first-order chi connectivity index (χ1) is 10.2. The number of rotatable bonds is 2. The summed E-state index contributed by atoms with van der Waals surface area (Å²) in [4.78, 5) is 15.2. The SMILES string of the molecule is CNC1CC(C)c2ccccc2N(C2CCCCC2)C1=O. The second kappa shape index (κ2) is 6.18. The second-order valence-corrected chi connectivity index (χ2v) is 6.54. The average molecular weight is 286 g/mol. The van der Waals surface area contributed by atoms with Crippen LogP contribution in [-0.2, 0) is 4.79 Å². The lowest BCUT2D eigenvalue weighted by atomic mass is 9.92. The van der Waals surface area contributed by atoms with Gasteiger partial charge in [0.15, 0.2) is 0 Å². The van der Waals surface area contributed by atoms with Crippen molar-refractivity contribution in [3.63, 3.8) is 0 Å². The molecule has 0 saturated heterocycles. The molecule has 1 aliphatic heterocycles. The molecule has 0 aromatic heterocycles. The van der Waals surface area contributed by atoms with Gasteiger partial charge in [-0.1, -0.05) is 44.4 Å². The van der Waals surface area contributed by atoms with Crippen molar-refractivity contribution in [1.82, 2.24) is 5.32 Å². The van der Waals surface area contributed by atoms with E-state index in [2.05, 4.69) is 41.4 Å². The van der Waals surface area contributed by atoms with Gasteiger partial charge in [-0.25, -0.2) is 0 Å². The lowest BCUT2D eigenvalue weighted by Crippen LogP contribution is -2.49. The van der Waals surface area contributed by atoms with Crippen molar-refractivity contribution in [2.75, 3.05) is 11.9 Å². The number of hydrogen-bond donors (Lipinski definition) is 1. The fraction of sp³-hybridized carbons (Fsp3) is 0.611. The van der Waals surface area contributed by atoms with Crippen LogP contribution in [0, 0.1) is 0 Å². The fourth-order valence-electron chi connectivity index (χ4n) is 3.95. The highest BCUT2D eigenvalue weighted by atomic mass is 16.2. The molecule has 3 heteroatoms. The fourth-order valence-corrected chi connectivity index (χ4v) is 3.95. The van der Waals surface area contributed by atoms with Crippen molar-refractivity contribution in [2.24, 2.45) is 0 Å². The highest BCUT2D eigenvalue weighted by Gasteiger charge is 2.36. The molecule has 2 aliphatic rings. The topological polar surface area (TPSA) is 32.3 Å². The van der Waals surface area contributed by atoms with E-state index < -0.39 is 0 Å². The van der Waals surface area contributed by atoms with Gasteiger partial charge in [0, 0.05) is 11.7 Å². The van der Waals surface area contributed by atoms with Crippen LogP contribution in [0.5, 0.6) is 0 Å². The van der Waals surface area contributed by atoms with E-state index in [4.69, 9.17) is 0 Å². The van der Waals surface area contributed by atoms with Gasteiger partial charge in [-0.05, 0) is 43.9 Å². The molecule has 21 heavy (non-hydrogen) atoms. The Bertz CT molecular complexity index is 508. The summed E-state index contributed by atoms with van der Waals surface area (Å²) in [5.41, 5.74) is 2.48. The summed E-state index contributed by atoms with van der Waals surface area (Å²) in [7, 11) is 1.91. The number of benzene rings is 1. The molecule has 1 aliphatic carbocycles. The predicted octanol–water partition coefficient (Wildman–Crippen LogP) is 3.45. The molecule has 0 radical (unpaired) electrons. The smallest absolute Gasteiger partial charge is 0.244 e. The van der Waals surface area contributed by atoms with Crippen molar-refractivity contribution in [3.05, 3.63) is 29.8 Å². The molecule has 1 aromatic carbocycles. The first-order valence-electron chi connectivity index (χ1n) is 8.31. The standard InChI is InChI=1S/C18H26N2O/c1-13-12-16(19-2)18(21)20(14-8-4-3-5-9-14)17-11-7-6-10-15(13)17/h6-7,10-11,13-14,16,19H,3-5,8-9,12H2,1-2H3. The van der Waals surface area contributed by atoms with Crippen LogP contribution >= 0.6 is 0 Å². The van der Waals surface area contributed by atoms with Gasteiger partial charge in [0.2, 0.25) is 5.91 Å². The molecule has 1 heterocycles. The third-order valence-corrected chi connectivity index (χ3v) is 5.14. The molecule has 2 atom stereocenters. The van der Waals surface area contributed by atoms with Crippen molar-refractivity contribution < 1.29 is 4.79 Å². The number of nitrogens with one attached hydrogen (secondary N) is 1. The van der Waals surface area contributed by atoms with Crippen molar-refractivity contribution >= 4 is 11.6 Å².